The average Bonchev–Trinajstić information content (AvgIpc) is 2.95. The minimum absolute atomic E-state index is 0.0281. The van der Waals surface area contributed by atoms with Gasteiger partial charge in [-0.05, 0) is 42.0 Å². The molecule has 0 saturated carbocycles. The first-order valence-corrected chi connectivity index (χ1v) is 10.4. The topological polar surface area (TPSA) is 96.4 Å². The fourth-order valence-corrected chi connectivity index (χ4v) is 4.09. The minimum atomic E-state index is -3.84. The molecule has 0 aliphatic carbocycles. The largest absolute Gasteiger partial charge is 0.270 e. The molecule has 2 amide bonds. The number of benzene rings is 2. The number of sulfonamides is 1. The maximum atomic E-state index is 12.5. The van der Waals surface area contributed by atoms with Gasteiger partial charge in [-0.2, -0.15) is 0 Å². The van der Waals surface area contributed by atoms with Crippen LogP contribution in [0.4, 0.5) is 5.82 Å². The predicted octanol–water partition coefficient (Wildman–Crippen LogP) is 3.33. The highest BCUT2D eigenvalue weighted by molar-refractivity contribution is 7.92. The zero-order valence-electron chi connectivity index (χ0n) is 14.9. The third kappa shape index (κ3) is 3.72. The highest BCUT2D eigenvalue weighted by Gasteiger charge is 2.34. The number of pyridine rings is 1. The molecule has 2 heterocycles. The monoisotopic (exact) mass is 427 g/mol. The van der Waals surface area contributed by atoms with Crippen LogP contribution in [0.3, 0.4) is 0 Å². The van der Waals surface area contributed by atoms with E-state index in [2.05, 4.69) is 9.71 Å². The van der Waals surface area contributed by atoms with Gasteiger partial charge in [-0.25, -0.2) is 13.4 Å². The number of amides is 2. The van der Waals surface area contributed by atoms with Gasteiger partial charge in [0.05, 0.1) is 27.6 Å². The van der Waals surface area contributed by atoms with E-state index in [0.717, 1.165) is 4.90 Å². The number of rotatable bonds is 5. The molecule has 1 aliphatic rings. The second-order valence-corrected chi connectivity index (χ2v) is 8.47. The predicted molar refractivity (Wildman–Crippen MR) is 107 cm³/mol. The van der Waals surface area contributed by atoms with Gasteiger partial charge < -0.3 is 0 Å². The molecule has 146 valence electrons. The van der Waals surface area contributed by atoms with Crippen molar-refractivity contribution >= 4 is 39.3 Å². The van der Waals surface area contributed by atoms with Gasteiger partial charge in [0.25, 0.3) is 21.8 Å². The van der Waals surface area contributed by atoms with Crippen molar-refractivity contribution in [3.63, 3.8) is 0 Å². The van der Waals surface area contributed by atoms with E-state index in [9.17, 15) is 18.0 Å². The average molecular weight is 428 g/mol. The van der Waals surface area contributed by atoms with Crippen molar-refractivity contribution in [1.29, 1.82) is 0 Å². The molecule has 0 spiro atoms. The van der Waals surface area contributed by atoms with E-state index < -0.39 is 10.0 Å². The quantitative estimate of drug-likeness (QED) is 0.630. The second kappa shape index (κ2) is 7.31. The molecular weight excluding hydrogens is 414 g/mol. The standard InChI is InChI=1S/C20H14ClN3O4S/c21-14-7-10-18(22-11-14)23-29(27,28)15-8-5-13(6-9-15)12-24-19(25)16-3-1-2-4-17(16)20(24)26/h1-11H,12H2,(H,22,23). The van der Waals surface area contributed by atoms with Gasteiger partial charge in [-0.1, -0.05) is 35.9 Å². The number of anilines is 1. The Labute approximate surface area is 172 Å². The highest BCUT2D eigenvalue weighted by Crippen LogP contribution is 2.25. The summed E-state index contributed by atoms with van der Waals surface area (Å²) in [6.45, 7) is 0.0544. The molecule has 29 heavy (non-hydrogen) atoms. The number of imide groups is 1. The summed E-state index contributed by atoms with van der Waals surface area (Å²) in [6, 6.07) is 15.6. The SMILES string of the molecule is O=C1c2ccccc2C(=O)N1Cc1ccc(S(=O)(=O)Nc2ccc(Cl)cn2)cc1. The zero-order chi connectivity index (χ0) is 20.6. The maximum absolute atomic E-state index is 12.5. The summed E-state index contributed by atoms with van der Waals surface area (Å²) < 4.78 is 27.3. The smallest absolute Gasteiger partial charge is 0.263 e. The van der Waals surface area contributed by atoms with Gasteiger partial charge >= 0.3 is 0 Å². The minimum Gasteiger partial charge on any atom is -0.270 e. The van der Waals surface area contributed by atoms with E-state index in [0.29, 0.717) is 21.7 Å². The van der Waals surface area contributed by atoms with Crippen LogP contribution in [-0.4, -0.2) is 30.1 Å². The van der Waals surface area contributed by atoms with Gasteiger partial charge in [0, 0.05) is 6.20 Å². The summed E-state index contributed by atoms with van der Waals surface area (Å²) in [5.74, 6) is -0.583. The summed E-state index contributed by atoms with van der Waals surface area (Å²) in [6.07, 6.45) is 1.34. The molecule has 0 bridgehead atoms. The van der Waals surface area contributed by atoms with Crippen LogP contribution in [-0.2, 0) is 16.6 Å². The van der Waals surface area contributed by atoms with Crippen molar-refractivity contribution in [2.75, 3.05) is 4.72 Å². The summed E-state index contributed by atoms with van der Waals surface area (Å²) in [5, 5.41) is 0.394. The Morgan fingerprint density at radius 2 is 1.52 bits per heavy atom. The lowest BCUT2D eigenvalue weighted by Gasteiger charge is -2.14. The molecule has 0 unspecified atom stereocenters. The van der Waals surface area contributed by atoms with E-state index in [1.165, 1.54) is 30.5 Å². The van der Waals surface area contributed by atoms with Crippen LogP contribution < -0.4 is 4.72 Å². The van der Waals surface area contributed by atoms with E-state index in [4.69, 9.17) is 11.6 Å². The van der Waals surface area contributed by atoms with E-state index in [1.807, 2.05) is 0 Å². The van der Waals surface area contributed by atoms with Crippen LogP contribution in [0.25, 0.3) is 0 Å². The number of halogens is 1. The molecule has 7 nitrogen and oxygen atoms in total. The first kappa shape index (κ1) is 19.1. The van der Waals surface area contributed by atoms with Crippen molar-refractivity contribution < 1.29 is 18.0 Å². The second-order valence-electron chi connectivity index (χ2n) is 6.35. The van der Waals surface area contributed by atoms with Crippen LogP contribution in [0.2, 0.25) is 5.02 Å². The fourth-order valence-electron chi connectivity index (χ4n) is 2.97. The van der Waals surface area contributed by atoms with Gasteiger partial charge in [0.15, 0.2) is 0 Å². The molecule has 1 N–H and O–H groups in total. The fraction of sp³-hybridized carbons (Fsp3) is 0.0500. The highest BCUT2D eigenvalue weighted by atomic mass is 35.5. The maximum Gasteiger partial charge on any atom is 0.263 e. The number of carbonyl (C=O) groups excluding carboxylic acids is 2. The van der Waals surface area contributed by atoms with Crippen molar-refractivity contribution in [3.8, 4) is 0 Å². The summed E-state index contributed by atoms with van der Waals surface area (Å²) in [7, 11) is -3.84. The molecule has 0 radical (unpaired) electrons. The number of hydrogen-bond donors (Lipinski definition) is 1. The lowest BCUT2D eigenvalue weighted by atomic mass is 10.1. The van der Waals surface area contributed by atoms with Crippen molar-refractivity contribution in [2.45, 2.75) is 11.4 Å². The molecule has 3 aromatic rings. The van der Waals surface area contributed by atoms with E-state index in [-0.39, 0.29) is 29.1 Å². The van der Waals surface area contributed by atoms with Gasteiger partial charge in [0.1, 0.15) is 5.82 Å². The number of carbonyl (C=O) groups is 2. The summed E-state index contributed by atoms with van der Waals surface area (Å²) in [4.78, 5) is 30.0. The Bertz CT molecular complexity index is 1170. The van der Waals surface area contributed by atoms with Crippen LogP contribution in [0.1, 0.15) is 26.3 Å². The molecule has 1 aromatic heterocycles. The van der Waals surface area contributed by atoms with Crippen molar-refractivity contribution in [3.05, 3.63) is 88.6 Å². The Hall–Kier alpha value is -3.23. The van der Waals surface area contributed by atoms with E-state index >= 15 is 0 Å². The Kier molecular flexibility index (Phi) is 4.81. The summed E-state index contributed by atoms with van der Waals surface area (Å²) in [5.41, 5.74) is 1.37. The van der Waals surface area contributed by atoms with Crippen LogP contribution >= 0.6 is 11.6 Å². The number of nitrogens with one attached hydrogen (secondary N) is 1. The molecule has 2 aromatic carbocycles. The zero-order valence-corrected chi connectivity index (χ0v) is 16.4. The Morgan fingerprint density at radius 1 is 0.897 bits per heavy atom. The first-order chi connectivity index (χ1) is 13.8. The molecule has 4 rings (SSSR count). The number of hydrogen-bond acceptors (Lipinski definition) is 5. The van der Waals surface area contributed by atoms with Crippen LogP contribution in [0.5, 0.6) is 0 Å². The number of fused-ring (bicyclic) bond motifs is 1. The van der Waals surface area contributed by atoms with Gasteiger partial charge in [-0.15, -0.1) is 0 Å². The lowest BCUT2D eigenvalue weighted by Crippen LogP contribution is -2.29. The first-order valence-electron chi connectivity index (χ1n) is 8.54. The van der Waals surface area contributed by atoms with Crippen molar-refractivity contribution in [2.24, 2.45) is 0 Å². The lowest BCUT2D eigenvalue weighted by molar-refractivity contribution is 0.0642. The molecule has 1 aliphatic heterocycles. The number of nitrogens with zero attached hydrogens (tertiary/aromatic N) is 2. The third-order valence-electron chi connectivity index (χ3n) is 4.42. The van der Waals surface area contributed by atoms with Gasteiger partial charge in [-0.3, -0.25) is 19.2 Å². The molecular formula is C20H14ClN3O4S. The van der Waals surface area contributed by atoms with Crippen LogP contribution in [0.15, 0.2) is 71.8 Å². The molecule has 0 saturated heterocycles. The molecule has 0 atom stereocenters. The normalized spacial score (nSPS) is 13.5. The third-order valence-corrected chi connectivity index (χ3v) is 6.01. The Balaban J connectivity index is 1.50. The van der Waals surface area contributed by atoms with Crippen LogP contribution in [0, 0.1) is 0 Å². The summed E-state index contributed by atoms with van der Waals surface area (Å²) >= 11 is 5.75. The van der Waals surface area contributed by atoms with Crippen molar-refractivity contribution in [1.82, 2.24) is 9.88 Å². The molecule has 9 heteroatoms. The molecule has 0 fully saturated rings. The number of aromatic nitrogens is 1. The van der Waals surface area contributed by atoms with E-state index in [1.54, 1.807) is 36.4 Å². The Morgan fingerprint density at radius 3 is 2.07 bits per heavy atom. The van der Waals surface area contributed by atoms with Gasteiger partial charge in [0.2, 0.25) is 0 Å².